The van der Waals surface area contributed by atoms with Crippen LogP contribution in [0.15, 0.2) is 0 Å². The predicted molar refractivity (Wildman–Crippen MR) is 104 cm³/mol. The Morgan fingerprint density at radius 3 is 1.34 bits per heavy atom. The van der Waals surface area contributed by atoms with Crippen LogP contribution in [-0.4, -0.2) is 62.7 Å². The van der Waals surface area contributed by atoms with E-state index in [1.165, 1.54) is 0 Å². The third-order valence-corrected chi connectivity index (χ3v) is 5.46. The Labute approximate surface area is 197 Å². The van der Waals surface area contributed by atoms with E-state index >= 15 is 0 Å². The maximum Gasteiger partial charge on any atom is 0.422 e. The van der Waals surface area contributed by atoms with Gasteiger partial charge in [-0.3, -0.25) is 19.2 Å². The second-order valence-electron chi connectivity index (χ2n) is 8.78. The van der Waals surface area contributed by atoms with Crippen LogP contribution in [0.1, 0.15) is 46.5 Å². The van der Waals surface area contributed by atoms with Crippen LogP contribution in [0.4, 0.5) is 26.3 Å². The molecule has 2 unspecified atom stereocenters. The van der Waals surface area contributed by atoms with Crippen LogP contribution in [0, 0.1) is 23.2 Å². The van der Waals surface area contributed by atoms with Gasteiger partial charge < -0.3 is 18.9 Å². The SMILES string of the molecule is CCC(C)(C)C(=O)OCCOC(=O)C1CC(C(=O)OCC(F)(F)F)CC(C(=O)OCC(F)(F)F)C1. The van der Waals surface area contributed by atoms with E-state index in [4.69, 9.17) is 9.47 Å². The summed E-state index contributed by atoms with van der Waals surface area (Å²) >= 11 is 0. The summed E-state index contributed by atoms with van der Waals surface area (Å²) in [6.45, 7) is 0.595. The molecule has 0 N–H and O–H groups in total. The molecule has 0 aromatic carbocycles. The van der Waals surface area contributed by atoms with E-state index in [0.29, 0.717) is 6.42 Å². The van der Waals surface area contributed by atoms with Crippen molar-refractivity contribution in [2.45, 2.75) is 58.8 Å². The van der Waals surface area contributed by atoms with E-state index < -0.39 is 79.0 Å². The quantitative estimate of drug-likeness (QED) is 0.185. The van der Waals surface area contributed by atoms with Gasteiger partial charge in [-0.05, 0) is 39.5 Å². The number of rotatable bonds is 10. The number of hydrogen-bond acceptors (Lipinski definition) is 8. The van der Waals surface area contributed by atoms with Crippen molar-refractivity contribution in [3.8, 4) is 0 Å². The molecule has 0 saturated heterocycles. The van der Waals surface area contributed by atoms with Gasteiger partial charge >= 0.3 is 36.2 Å². The van der Waals surface area contributed by atoms with Crippen LogP contribution in [0.5, 0.6) is 0 Å². The first-order chi connectivity index (χ1) is 15.9. The first-order valence-corrected chi connectivity index (χ1v) is 10.8. The largest absolute Gasteiger partial charge is 0.462 e. The second kappa shape index (κ2) is 12.4. The van der Waals surface area contributed by atoms with Crippen molar-refractivity contribution in [1.82, 2.24) is 0 Å². The maximum absolute atomic E-state index is 12.4. The molecule has 2 atom stereocenters. The van der Waals surface area contributed by atoms with Gasteiger partial charge in [0, 0.05) is 0 Å². The number of carbonyl (C=O) groups excluding carboxylic acids is 4. The molecule has 0 heterocycles. The van der Waals surface area contributed by atoms with Crippen LogP contribution >= 0.6 is 0 Å². The fraction of sp³-hybridized carbons (Fsp3) is 0.810. The Morgan fingerprint density at radius 1 is 0.657 bits per heavy atom. The lowest BCUT2D eigenvalue weighted by atomic mass is 9.75. The number of esters is 4. The van der Waals surface area contributed by atoms with Gasteiger partial charge in [0.1, 0.15) is 13.2 Å². The molecule has 0 amide bonds. The summed E-state index contributed by atoms with van der Waals surface area (Å²) in [6, 6.07) is 0. The lowest BCUT2D eigenvalue weighted by molar-refractivity contribution is -0.195. The van der Waals surface area contributed by atoms with Crippen LogP contribution in [0.3, 0.4) is 0 Å². The molecule has 0 aromatic rings. The normalized spacial score (nSPS) is 21.1. The molecular formula is C21H28F6O8. The Morgan fingerprint density at radius 2 is 1.00 bits per heavy atom. The molecule has 1 saturated carbocycles. The summed E-state index contributed by atoms with van der Waals surface area (Å²) in [7, 11) is 0. The topological polar surface area (TPSA) is 105 Å². The Hall–Kier alpha value is -2.54. The van der Waals surface area contributed by atoms with Crippen molar-refractivity contribution in [3.63, 3.8) is 0 Å². The van der Waals surface area contributed by atoms with Gasteiger partial charge in [0.25, 0.3) is 0 Å². The lowest BCUT2D eigenvalue weighted by Crippen LogP contribution is -2.38. The van der Waals surface area contributed by atoms with Gasteiger partial charge in [0.05, 0.1) is 23.2 Å². The van der Waals surface area contributed by atoms with E-state index in [-0.39, 0.29) is 26.1 Å². The van der Waals surface area contributed by atoms with Gasteiger partial charge in [-0.2, -0.15) is 26.3 Å². The molecule has 0 radical (unpaired) electrons. The highest BCUT2D eigenvalue weighted by Crippen LogP contribution is 2.36. The summed E-state index contributed by atoms with van der Waals surface area (Å²) in [5.41, 5.74) is -0.763. The summed E-state index contributed by atoms with van der Waals surface area (Å²) in [6.07, 6.45) is -10.3. The molecule has 0 aliphatic heterocycles. The zero-order valence-electron chi connectivity index (χ0n) is 19.4. The van der Waals surface area contributed by atoms with Crippen molar-refractivity contribution in [1.29, 1.82) is 0 Å². The zero-order chi connectivity index (χ0) is 27.0. The molecule has 0 aromatic heterocycles. The minimum absolute atomic E-state index is 0.297. The molecule has 8 nitrogen and oxygen atoms in total. The van der Waals surface area contributed by atoms with Crippen molar-refractivity contribution < 1.29 is 64.5 Å². The number of alkyl halides is 6. The van der Waals surface area contributed by atoms with Crippen molar-refractivity contribution in [2.24, 2.45) is 23.2 Å². The van der Waals surface area contributed by atoms with Gasteiger partial charge in [-0.15, -0.1) is 0 Å². The van der Waals surface area contributed by atoms with Gasteiger partial charge in [-0.1, -0.05) is 6.92 Å². The number of halogens is 6. The Kier molecular flexibility index (Phi) is 10.8. The van der Waals surface area contributed by atoms with Crippen LogP contribution in [0.2, 0.25) is 0 Å². The number of ether oxygens (including phenoxy) is 4. The molecular weight excluding hydrogens is 494 g/mol. The molecule has 1 aliphatic carbocycles. The summed E-state index contributed by atoms with van der Waals surface area (Å²) in [4.78, 5) is 48.5. The Balaban J connectivity index is 2.79. The molecule has 0 bridgehead atoms. The molecule has 202 valence electrons. The number of hydrogen-bond donors (Lipinski definition) is 0. The third-order valence-electron chi connectivity index (χ3n) is 5.46. The predicted octanol–water partition coefficient (Wildman–Crippen LogP) is 3.75. The van der Waals surface area contributed by atoms with Crippen molar-refractivity contribution in [2.75, 3.05) is 26.4 Å². The van der Waals surface area contributed by atoms with Crippen LogP contribution in [0.25, 0.3) is 0 Å². The molecule has 1 rings (SSSR count). The van der Waals surface area contributed by atoms with E-state index in [9.17, 15) is 45.5 Å². The second-order valence-corrected chi connectivity index (χ2v) is 8.78. The monoisotopic (exact) mass is 522 g/mol. The average Bonchev–Trinajstić information content (AvgIpc) is 2.76. The van der Waals surface area contributed by atoms with Gasteiger partial charge in [0.2, 0.25) is 0 Å². The molecule has 0 spiro atoms. The highest BCUT2D eigenvalue weighted by atomic mass is 19.4. The van der Waals surface area contributed by atoms with Crippen molar-refractivity contribution in [3.05, 3.63) is 0 Å². The van der Waals surface area contributed by atoms with E-state index in [0.717, 1.165) is 0 Å². The maximum atomic E-state index is 12.4. The minimum atomic E-state index is -4.82. The average molecular weight is 522 g/mol. The third kappa shape index (κ3) is 11.2. The summed E-state index contributed by atoms with van der Waals surface area (Å²) in [5.74, 6) is -8.18. The van der Waals surface area contributed by atoms with Crippen LogP contribution in [-0.2, 0) is 38.1 Å². The summed E-state index contributed by atoms with van der Waals surface area (Å²) < 4.78 is 92.5. The standard InChI is InChI=1S/C21H28F6O8/c1-4-19(2,3)18(31)33-6-5-32-15(28)12-7-13(16(29)34-10-20(22,23)24)9-14(8-12)17(30)35-11-21(25,26)27/h12-14H,4-11H2,1-3H3. The first-order valence-electron chi connectivity index (χ1n) is 10.8. The molecule has 35 heavy (non-hydrogen) atoms. The molecule has 1 aliphatic rings. The Bertz CT molecular complexity index is 724. The first kappa shape index (κ1) is 30.5. The minimum Gasteiger partial charge on any atom is -0.462 e. The van der Waals surface area contributed by atoms with Crippen LogP contribution < -0.4 is 0 Å². The molecule has 14 heteroatoms. The smallest absolute Gasteiger partial charge is 0.422 e. The van der Waals surface area contributed by atoms with Crippen molar-refractivity contribution >= 4 is 23.9 Å². The lowest BCUT2D eigenvalue weighted by Gasteiger charge is -2.31. The highest BCUT2D eigenvalue weighted by Gasteiger charge is 2.43. The van der Waals surface area contributed by atoms with E-state index in [2.05, 4.69) is 9.47 Å². The molecule has 1 fully saturated rings. The highest BCUT2D eigenvalue weighted by molar-refractivity contribution is 5.80. The van der Waals surface area contributed by atoms with E-state index in [1.54, 1.807) is 20.8 Å². The summed E-state index contributed by atoms with van der Waals surface area (Å²) in [5, 5.41) is 0. The van der Waals surface area contributed by atoms with E-state index in [1.807, 2.05) is 0 Å². The van der Waals surface area contributed by atoms with Gasteiger partial charge in [0.15, 0.2) is 13.2 Å². The number of carbonyl (C=O) groups is 4. The zero-order valence-corrected chi connectivity index (χ0v) is 19.4. The fourth-order valence-corrected chi connectivity index (χ4v) is 3.17. The van der Waals surface area contributed by atoms with Gasteiger partial charge in [-0.25, -0.2) is 0 Å². The fourth-order valence-electron chi connectivity index (χ4n) is 3.17.